The quantitative estimate of drug-likeness (QED) is 0.881. The normalized spacial score (nSPS) is 11.5. The molecular formula is C13H17NOS. The minimum Gasteiger partial charge on any atom is -0.396 e. The molecule has 16 heavy (non-hydrogen) atoms. The van der Waals surface area contributed by atoms with Crippen molar-refractivity contribution in [2.45, 2.75) is 32.6 Å². The Balaban J connectivity index is 2.30. The second kappa shape index (κ2) is 4.93. The molecule has 0 unspecified atom stereocenters. The smallest absolute Gasteiger partial charge is 0.0963 e. The average Bonchev–Trinajstić information content (AvgIpc) is 2.69. The molecule has 1 heterocycles. The van der Waals surface area contributed by atoms with Gasteiger partial charge in [0.25, 0.3) is 0 Å². The van der Waals surface area contributed by atoms with Crippen molar-refractivity contribution >= 4 is 21.6 Å². The van der Waals surface area contributed by atoms with Crippen LogP contribution in [0.3, 0.4) is 0 Å². The summed E-state index contributed by atoms with van der Waals surface area (Å²) in [4.78, 5) is 4.64. The molecule has 0 aliphatic rings. The molecule has 0 radical (unpaired) electrons. The molecule has 1 aromatic carbocycles. The molecule has 0 saturated carbocycles. The highest BCUT2D eigenvalue weighted by Crippen LogP contribution is 2.27. The summed E-state index contributed by atoms with van der Waals surface area (Å²) in [7, 11) is 0. The van der Waals surface area contributed by atoms with Crippen LogP contribution in [0.2, 0.25) is 0 Å². The summed E-state index contributed by atoms with van der Waals surface area (Å²) in [5, 5.41) is 10.0. The third kappa shape index (κ3) is 2.42. The standard InChI is InChI=1S/C13H17NOS/c1-9(2)13-14-11-8-10(4-3-7-15)5-6-12(11)16-13/h5-6,8-9,15H,3-4,7H2,1-2H3. The summed E-state index contributed by atoms with van der Waals surface area (Å²) >= 11 is 1.78. The molecule has 3 heteroatoms. The number of benzene rings is 1. The van der Waals surface area contributed by atoms with Crippen molar-refractivity contribution in [2.75, 3.05) is 6.61 Å². The van der Waals surface area contributed by atoms with Crippen LogP contribution in [0.5, 0.6) is 0 Å². The van der Waals surface area contributed by atoms with E-state index in [0.29, 0.717) is 5.92 Å². The number of aryl methyl sites for hydroxylation is 1. The van der Waals surface area contributed by atoms with Crippen molar-refractivity contribution in [2.24, 2.45) is 0 Å². The van der Waals surface area contributed by atoms with E-state index in [2.05, 4.69) is 37.0 Å². The van der Waals surface area contributed by atoms with Gasteiger partial charge in [-0.2, -0.15) is 0 Å². The zero-order valence-electron chi connectivity index (χ0n) is 9.73. The van der Waals surface area contributed by atoms with Gasteiger partial charge < -0.3 is 5.11 Å². The fourth-order valence-corrected chi connectivity index (χ4v) is 2.63. The van der Waals surface area contributed by atoms with E-state index < -0.39 is 0 Å². The Morgan fingerprint density at radius 2 is 2.19 bits per heavy atom. The van der Waals surface area contributed by atoms with E-state index in [1.165, 1.54) is 15.3 Å². The van der Waals surface area contributed by atoms with Crippen LogP contribution in [0.15, 0.2) is 18.2 Å². The van der Waals surface area contributed by atoms with Gasteiger partial charge in [-0.3, -0.25) is 0 Å². The van der Waals surface area contributed by atoms with E-state index in [0.717, 1.165) is 18.4 Å². The van der Waals surface area contributed by atoms with E-state index in [4.69, 9.17) is 5.11 Å². The molecule has 0 aliphatic heterocycles. The number of rotatable bonds is 4. The number of hydrogen-bond acceptors (Lipinski definition) is 3. The van der Waals surface area contributed by atoms with E-state index in [-0.39, 0.29) is 6.61 Å². The molecule has 0 atom stereocenters. The van der Waals surface area contributed by atoms with Crippen LogP contribution in [0.4, 0.5) is 0 Å². The summed E-state index contributed by atoms with van der Waals surface area (Å²) < 4.78 is 1.26. The molecular weight excluding hydrogens is 218 g/mol. The largest absolute Gasteiger partial charge is 0.396 e. The summed E-state index contributed by atoms with van der Waals surface area (Å²) in [6.07, 6.45) is 1.76. The Kier molecular flexibility index (Phi) is 3.56. The second-order valence-electron chi connectivity index (χ2n) is 4.34. The minimum atomic E-state index is 0.256. The van der Waals surface area contributed by atoms with Crippen molar-refractivity contribution in [1.29, 1.82) is 0 Å². The number of hydrogen-bond donors (Lipinski definition) is 1. The molecule has 1 N–H and O–H groups in total. The molecule has 2 nitrogen and oxygen atoms in total. The molecule has 0 saturated heterocycles. The minimum absolute atomic E-state index is 0.256. The lowest BCUT2D eigenvalue weighted by Crippen LogP contribution is -1.89. The van der Waals surface area contributed by atoms with Crippen LogP contribution in [0, 0.1) is 0 Å². The predicted octanol–water partition coefficient (Wildman–Crippen LogP) is 3.34. The monoisotopic (exact) mass is 235 g/mol. The maximum absolute atomic E-state index is 8.80. The molecule has 2 aromatic rings. The lowest BCUT2D eigenvalue weighted by Gasteiger charge is -1.98. The van der Waals surface area contributed by atoms with Gasteiger partial charge in [-0.1, -0.05) is 19.9 Å². The molecule has 0 spiro atoms. The average molecular weight is 235 g/mol. The van der Waals surface area contributed by atoms with Crippen LogP contribution >= 0.6 is 11.3 Å². The van der Waals surface area contributed by atoms with Gasteiger partial charge in [0, 0.05) is 12.5 Å². The highest BCUT2D eigenvalue weighted by molar-refractivity contribution is 7.18. The molecule has 1 aromatic heterocycles. The summed E-state index contributed by atoms with van der Waals surface area (Å²) in [5.41, 5.74) is 2.37. The van der Waals surface area contributed by atoms with Crippen LogP contribution < -0.4 is 0 Å². The van der Waals surface area contributed by atoms with E-state index >= 15 is 0 Å². The zero-order chi connectivity index (χ0) is 11.5. The Labute approximate surface area is 100.0 Å². The SMILES string of the molecule is CC(C)c1nc2cc(CCCO)ccc2s1. The van der Waals surface area contributed by atoms with Gasteiger partial charge in [0.1, 0.15) is 0 Å². The Morgan fingerprint density at radius 1 is 1.38 bits per heavy atom. The lowest BCUT2D eigenvalue weighted by atomic mass is 10.1. The molecule has 2 rings (SSSR count). The first kappa shape index (κ1) is 11.6. The van der Waals surface area contributed by atoms with Gasteiger partial charge in [0.15, 0.2) is 0 Å². The Hall–Kier alpha value is -0.930. The molecule has 0 aliphatic carbocycles. The topological polar surface area (TPSA) is 33.1 Å². The van der Waals surface area contributed by atoms with Crippen molar-refractivity contribution < 1.29 is 5.11 Å². The Bertz CT molecular complexity index is 476. The van der Waals surface area contributed by atoms with Crippen LogP contribution in [0.1, 0.15) is 36.8 Å². The molecule has 0 bridgehead atoms. The number of fused-ring (bicyclic) bond motifs is 1. The molecule has 86 valence electrons. The number of nitrogens with zero attached hydrogens (tertiary/aromatic N) is 1. The van der Waals surface area contributed by atoms with Crippen LogP contribution in [-0.4, -0.2) is 16.7 Å². The predicted molar refractivity (Wildman–Crippen MR) is 69.1 cm³/mol. The number of aromatic nitrogens is 1. The highest BCUT2D eigenvalue weighted by atomic mass is 32.1. The Morgan fingerprint density at radius 3 is 2.88 bits per heavy atom. The molecule has 0 fully saturated rings. The van der Waals surface area contributed by atoms with Gasteiger partial charge in [0.2, 0.25) is 0 Å². The number of aliphatic hydroxyl groups excluding tert-OH is 1. The summed E-state index contributed by atoms with van der Waals surface area (Å²) in [6.45, 7) is 4.60. The highest BCUT2D eigenvalue weighted by Gasteiger charge is 2.07. The lowest BCUT2D eigenvalue weighted by molar-refractivity contribution is 0.288. The van der Waals surface area contributed by atoms with Gasteiger partial charge in [-0.05, 0) is 30.5 Å². The van der Waals surface area contributed by atoms with E-state index in [9.17, 15) is 0 Å². The first-order valence-electron chi connectivity index (χ1n) is 5.71. The van der Waals surface area contributed by atoms with Crippen LogP contribution in [0.25, 0.3) is 10.2 Å². The number of aliphatic hydroxyl groups is 1. The third-order valence-electron chi connectivity index (χ3n) is 2.59. The fraction of sp³-hybridized carbons (Fsp3) is 0.462. The molecule has 0 amide bonds. The van der Waals surface area contributed by atoms with Gasteiger partial charge >= 0.3 is 0 Å². The van der Waals surface area contributed by atoms with Crippen molar-refractivity contribution in [1.82, 2.24) is 4.98 Å². The fourth-order valence-electron chi connectivity index (χ4n) is 1.68. The van der Waals surface area contributed by atoms with Crippen molar-refractivity contribution in [3.8, 4) is 0 Å². The maximum Gasteiger partial charge on any atom is 0.0963 e. The van der Waals surface area contributed by atoms with E-state index in [1.54, 1.807) is 11.3 Å². The van der Waals surface area contributed by atoms with E-state index in [1.807, 2.05) is 0 Å². The van der Waals surface area contributed by atoms with Crippen molar-refractivity contribution in [3.05, 3.63) is 28.8 Å². The third-order valence-corrected chi connectivity index (χ3v) is 3.92. The zero-order valence-corrected chi connectivity index (χ0v) is 10.5. The van der Waals surface area contributed by atoms with Gasteiger partial charge in [-0.15, -0.1) is 11.3 Å². The maximum atomic E-state index is 8.80. The first-order valence-corrected chi connectivity index (χ1v) is 6.52. The van der Waals surface area contributed by atoms with Gasteiger partial charge in [-0.25, -0.2) is 4.98 Å². The first-order chi connectivity index (χ1) is 7.70. The van der Waals surface area contributed by atoms with Crippen LogP contribution in [-0.2, 0) is 6.42 Å². The van der Waals surface area contributed by atoms with Gasteiger partial charge in [0.05, 0.1) is 15.2 Å². The summed E-state index contributed by atoms with van der Waals surface area (Å²) in [6, 6.07) is 6.43. The summed E-state index contributed by atoms with van der Waals surface area (Å²) in [5.74, 6) is 0.498. The number of thiazole rings is 1. The van der Waals surface area contributed by atoms with Crippen molar-refractivity contribution in [3.63, 3.8) is 0 Å². The second-order valence-corrected chi connectivity index (χ2v) is 5.40.